The summed E-state index contributed by atoms with van der Waals surface area (Å²) in [6.45, 7) is 2.16. The van der Waals surface area contributed by atoms with Gasteiger partial charge in [0, 0.05) is 39.2 Å². The van der Waals surface area contributed by atoms with Crippen molar-refractivity contribution in [1.82, 2.24) is 19.7 Å². The topological polar surface area (TPSA) is 87.4 Å². The van der Waals surface area contributed by atoms with Crippen LogP contribution in [0.3, 0.4) is 0 Å². The van der Waals surface area contributed by atoms with E-state index in [1.165, 1.54) is 4.68 Å². The molecule has 0 aliphatic carbocycles. The van der Waals surface area contributed by atoms with Gasteiger partial charge in [0.15, 0.2) is 0 Å². The number of hydrogen-bond acceptors (Lipinski definition) is 5. The van der Waals surface area contributed by atoms with Crippen LogP contribution < -0.4 is 10.9 Å². The first-order valence-electron chi connectivity index (χ1n) is 9.74. The van der Waals surface area contributed by atoms with Gasteiger partial charge in [-0.1, -0.05) is 18.2 Å². The van der Waals surface area contributed by atoms with Crippen molar-refractivity contribution < 1.29 is 14.3 Å². The van der Waals surface area contributed by atoms with Gasteiger partial charge in [-0.2, -0.15) is 9.78 Å². The van der Waals surface area contributed by atoms with Crippen LogP contribution in [0.5, 0.6) is 0 Å². The third-order valence-corrected chi connectivity index (χ3v) is 5.04. The number of para-hydroxylation sites is 1. The molecule has 0 spiro atoms. The summed E-state index contributed by atoms with van der Waals surface area (Å²) in [4.78, 5) is 25.9. The number of rotatable bonds is 7. The molecule has 0 radical (unpaired) electrons. The van der Waals surface area contributed by atoms with Crippen LogP contribution in [0.4, 0.5) is 0 Å². The van der Waals surface area contributed by atoms with Gasteiger partial charge in [0.2, 0.25) is 0 Å². The van der Waals surface area contributed by atoms with E-state index in [-0.39, 0.29) is 17.6 Å². The van der Waals surface area contributed by atoms with E-state index >= 15 is 0 Å². The number of nitrogens with zero attached hydrogens (tertiary/aromatic N) is 3. The summed E-state index contributed by atoms with van der Waals surface area (Å²) in [5.74, 6) is -0.269. The molecule has 1 aromatic rings. The molecule has 1 N–H and O–H groups in total. The Morgan fingerprint density at radius 1 is 1.31 bits per heavy atom. The summed E-state index contributed by atoms with van der Waals surface area (Å²) in [5, 5.41) is 7.40. The molecule has 1 atom stereocenters. The number of aromatic nitrogens is 3. The Morgan fingerprint density at radius 2 is 2.14 bits per heavy atom. The highest BCUT2D eigenvalue weighted by atomic mass is 16.5. The Labute approximate surface area is 168 Å². The fourth-order valence-electron chi connectivity index (χ4n) is 3.50. The Morgan fingerprint density at radius 3 is 2.86 bits per heavy atom. The Bertz CT molecular complexity index is 1010. The molecule has 0 bridgehead atoms. The summed E-state index contributed by atoms with van der Waals surface area (Å²) in [5.41, 5.74) is 1.55. The van der Waals surface area contributed by atoms with Crippen molar-refractivity contribution in [3.05, 3.63) is 58.6 Å². The second-order valence-electron chi connectivity index (χ2n) is 7.06. The number of nitrogens with one attached hydrogen (secondary N) is 1. The van der Waals surface area contributed by atoms with Crippen molar-refractivity contribution in [3.63, 3.8) is 0 Å². The number of methoxy groups -OCH3 is 1. The Hall–Kier alpha value is -2.97. The first-order chi connectivity index (χ1) is 14.2. The molecule has 3 aliphatic heterocycles. The molecule has 1 aromatic carbocycles. The second-order valence-corrected chi connectivity index (χ2v) is 7.06. The predicted molar refractivity (Wildman–Crippen MR) is 108 cm³/mol. The summed E-state index contributed by atoms with van der Waals surface area (Å²) in [6.07, 6.45) is 5.42. The maximum Gasteiger partial charge on any atom is 0.282 e. The molecule has 1 saturated heterocycles. The monoisotopic (exact) mass is 396 g/mol. The molecular formula is C21H24N4O4. The largest absolute Gasteiger partial charge is 0.383 e. The van der Waals surface area contributed by atoms with Gasteiger partial charge in [0.05, 0.1) is 29.5 Å². The fraction of sp³-hybridized carbons (Fsp3) is 0.381. The number of ether oxygens (including phenoxy) is 2. The molecule has 3 heterocycles. The lowest BCUT2D eigenvalue weighted by molar-refractivity contribution is 0.0857. The number of carbonyl (C=O) groups excluding carboxylic acids is 1. The first-order valence-corrected chi connectivity index (χ1v) is 9.74. The molecule has 3 aliphatic rings. The van der Waals surface area contributed by atoms with Crippen molar-refractivity contribution >= 4 is 5.91 Å². The van der Waals surface area contributed by atoms with Crippen LogP contribution in [0.15, 0.2) is 47.5 Å². The number of benzene rings is 1. The van der Waals surface area contributed by atoms with Gasteiger partial charge in [-0.05, 0) is 25.0 Å². The minimum atomic E-state index is -0.269. The smallest absolute Gasteiger partial charge is 0.282 e. The fourth-order valence-corrected chi connectivity index (χ4v) is 3.50. The van der Waals surface area contributed by atoms with E-state index in [1.54, 1.807) is 24.1 Å². The molecule has 152 valence electrons. The van der Waals surface area contributed by atoms with Gasteiger partial charge in [0.1, 0.15) is 5.69 Å². The standard InChI is InChI=1S/C21H24N4O4/c1-28-11-9-24-13-17(20(26)22-12-16-8-5-10-29-16)19-18(14-24)21(27)25(23-19)15-6-3-2-4-7-15/h2-4,6-7,13-14,16H,5,8-12H2,1H3,(H,22,26)/t16-/m1/s1. The predicted octanol–water partition coefficient (Wildman–Crippen LogP) is 1.69. The summed E-state index contributed by atoms with van der Waals surface area (Å²) >= 11 is 0. The van der Waals surface area contributed by atoms with E-state index < -0.39 is 0 Å². The third kappa shape index (κ3) is 4.08. The normalized spacial score (nSPS) is 16.4. The van der Waals surface area contributed by atoms with Crippen molar-refractivity contribution in [1.29, 1.82) is 0 Å². The highest BCUT2D eigenvalue weighted by Crippen LogP contribution is 2.22. The molecule has 4 rings (SSSR count). The SMILES string of the molecule is COCCn1cc(C(=O)NC[C@H]2CCCO2)c2nn(-c3ccccc3)c(=O)c-2c1. The van der Waals surface area contributed by atoms with Crippen molar-refractivity contribution in [3.8, 4) is 16.9 Å². The van der Waals surface area contributed by atoms with Crippen LogP contribution in [0.2, 0.25) is 0 Å². The molecule has 1 fully saturated rings. The molecule has 0 aromatic heterocycles. The molecule has 0 unspecified atom stereocenters. The number of amides is 1. The van der Waals surface area contributed by atoms with Crippen LogP contribution in [0.1, 0.15) is 23.2 Å². The lowest BCUT2D eigenvalue weighted by Gasteiger charge is -2.14. The van der Waals surface area contributed by atoms with Crippen LogP contribution >= 0.6 is 0 Å². The second kappa shape index (κ2) is 8.59. The highest BCUT2D eigenvalue weighted by molar-refractivity contribution is 5.99. The average Bonchev–Trinajstić information content (AvgIpc) is 3.39. The summed E-state index contributed by atoms with van der Waals surface area (Å²) in [6, 6.07) is 9.18. The van der Waals surface area contributed by atoms with E-state index in [0.717, 1.165) is 19.4 Å². The van der Waals surface area contributed by atoms with E-state index in [1.807, 2.05) is 30.3 Å². The molecule has 0 saturated carbocycles. The first kappa shape index (κ1) is 19.4. The van der Waals surface area contributed by atoms with Gasteiger partial charge in [-0.15, -0.1) is 0 Å². The number of pyridine rings is 1. The van der Waals surface area contributed by atoms with Gasteiger partial charge in [-0.25, -0.2) is 0 Å². The van der Waals surface area contributed by atoms with Crippen LogP contribution in [0.25, 0.3) is 16.9 Å². The van der Waals surface area contributed by atoms with Crippen LogP contribution in [-0.4, -0.2) is 53.2 Å². The van der Waals surface area contributed by atoms with E-state index in [9.17, 15) is 9.59 Å². The minimum absolute atomic E-state index is 0.0377. The van der Waals surface area contributed by atoms with Gasteiger partial charge < -0.3 is 19.4 Å². The zero-order chi connectivity index (χ0) is 20.2. The molecule has 29 heavy (non-hydrogen) atoms. The van der Waals surface area contributed by atoms with E-state index in [2.05, 4.69) is 10.4 Å². The zero-order valence-electron chi connectivity index (χ0n) is 16.3. The van der Waals surface area contributed by atoms with Crippen LogP contribution in [0, 0.1) is 0 Å². The maximum atomic E-state index is 13.0. The summed E-state index contributed by atoms with van der Waals surface area (Å²) in [7, 11) is 1.61. The van der Waals surface area contributed by atoms with Crippen molar-refractivity contribution in [2.75, 3.05) is 26.9 Å². The molecule has 1 amide bonds. The van der Waals surface area contributed by atoms with Gasteiger partial charge in [0.25, 0.3) is 11.5 Å². The highest BCUT2D eigenvalue weighted by Gasteiger charge is 2.25. The zero-order valence-corrected chi connectivity index (χ0v) is 16.3. The van der Waals surface area contributed by atoms with Crippen molar-refractivity contribution in [2.24, 2.45) is 0 Å². The molecular weight excluding hydrogens is 372 g/mol. The number of hydrogen-bond donors (Lipinski definition) is 1. The average molecular weight is 396 g/mol. The number of fused-ring (bicyclic) bond motifs is 1. The van der Waals surface area contributed by atoms with Gasteiger partial charge in [-0.3, -0.25) is 9.59 Å². The lowest BCUT2D eigenvalue weighted by Crippen LogP contribution is -2.32. The Kier molecular flexibility index (Phi) is 5.73. The van der Waals surface area contributed by atoms with Crippen LogP contribution in [-0.2, 0) is 16.0 Å². The number of carbonyl (C=O) groups is 1. The summed E-state index contributed by atoms with van der Waals surface area (Å²) < 4.78 is 13.9. The minimum Gasteiger partial charge on any atom is -0.383 e. The third-order valence-electron chi connectivity index (χ3n) is 5.04. The van der Waals surface area contributed by atoms with Gasteiger partial charge >= 0.3 is 0 Å². The van der Waals surface area contributed by atoms with E-state index in [4.69, 9.17) is 9.47 Å². The maximum absolute atomic E-state index is 13.0. The molecule has 8 heteroatoms. The van der Waals surface area contributed by atoms with E-state index in [0.29, 0.717) is 42.2 Å². The lowest BCUT2D eigenvalue weighted by atomic mass is 10.1. The molecule has 8 nitrogen and oxygen atoms in total. The Balaban J connectivity index is 1.72. The quantitative estimate of drug-likeness (QED) is 0.657. The van der Waals surface area contributed by atoms with Crippen molar-refractivity contribution in [2.45, 2.75) is 25.5 Å².